The standard InChI is InChI=1S/C13H15N3O2S/c1-3-14-13(17)10-4-6-11(7-5-10)18-8-12-9(2)15-19-16-12/h4-7H,3,8H2,1-2H3,(H,14,17). The summed E-state index contributed by atoms with van der Waals surface area (Å²) in [6, 6.07) is 7.04. The molecule has 2 rings (SSSR count). The molecular formula is C13H15N3O2S. The second-order valence-corrected chi connectivity index (χ2v) is 4.50. The Morgan fingerprint density at radius 3 is 2.63 bits per heavy atom. The van der Waals surface area contributed by atoms with Gasteiger partial charge in [0.2, 0.25) is 0 Å². The molecule has 6 heteroatoms. The second-order valence-electron chi connectivity index (χ2n) is 3.97. The summed E-state index contributed by atoms with van der Waals surface area (Å²) in [6.45, 7) is 4.80. The molecule has 5 nitrogen and oxygen atoms in total. The second kappa shape index (κ2) is 6.29. The van der Waals surface area contributed by atoms with Gasteiger partial charge >= 0.3 is 0 Å². The Balaban J connectivity index is 1.95. The highest BCUT2D eigenvalue weighted by atomic mass is 32.1. The third-order valence-electron chi connectivity index (χ3n) is 2.58. The van der Waals surface area contributed by atoms with E-state index in [2.05, 4.69) is 14.1 Å². The Morgan fingerprint density at radius 1 is 1.32 bits per heavy atom. The normalized spacial score (nSPS) is 10.2. The highest BCUT2D eigenvalue weighted by Gasteiger charge is 2.06. The molecular weight excluding hydrogens is 262 g/mol. The van der Waals surface area contributed by atoms with Crippen LogP contribution in [0.5, 0.6) is 5.75 Å². The quantitative estimate of drug-likeness (QED) is 0.909. The summed E-state index contributed by atoms with van der Waals surface area (Å²) in [7, 11) is 0. The number of carbonyl (C=O) groups is 1. The van der Waals surface area contributed by atoms with Crippen LogP contribution in [0.1, 0.15) is 28.7 Å². The predicted molar refractivity (Wildman–Crippen MR) is 73.4 cm³/mol. The van der Waals surface area contributed by atoms with Crippen LogP contribution in [0.3, 0.4) is 0 Å². The van der Waals surface area contributed by atoms with Gasteiger partial charge in [-0.3, -0.25) is 4.79 Å². The van der Waals surface area contributed by atoms with Gasteiger partial charge in [-0.15, -0.1) is 0 Å². The zero-order chi connectivity index (χ0) is 13.7. The van der Waals surface area contributed by atoms with Crippen molar-refractivity contribution in [2.24, 2.45) is 0 Å². The van der Waals surface area contributed by atoms with Crippen molar-refractivity contribution in [1.29, 1.82) is 0 Å². The first kappa shape index (κ1) is 13.5. The minimum absolute atomic E-state index is 0.0754. The maximum absolute atomic E-state index is 11.6. The molecule has 0 unspecified atom stereocenters. The molecule has 0 bridgehead atoms. The number of carbonyl (C=O) groups excluding carboxylic acids is 1. The molecule has 0 atom stereocenters. The molecule has 0 spiro atoms. The third kappa shape index (κ3) is 3.51. The van der Waals surface area contributed by atoms with E-state index >= 15 is 0 Å². The summed E-state index contributed by atoms with van der Waals surface area (Å²) < 4.78 is 13.8. The Labute approximate surface area is 115 Å². The van der Waals surface area contributed by atoms with Gasteiger partial charge in [0.25, 0.3) is 5.91 Å². The molecule has 0 aliphatic carbocycles. The molecule has 0 saturated heterocycles. The first-order valence-corrected chi connectivity index (χ1v) is 6.73. The van der Waals surface area contributed by atoms with Crippen molar-refractivity contribution in [2.45, 2.75) is 20.5 Å². The third-order valence-corrected chi connectivity index (χ3v) is 3.23. The molecule has 0 radical (unpaired) electrons. The van der Waals surface area contributed by atoms with Gasteiger partial charge in [-0.05, 0) is 38.1 Å². The Morgan fingerprint density at radius 2 is 2.05 bits per heavy atom. The number of aryl methyl sites for hydroxylation is 1. The molecule has 0 fully saturated rings. The van der Waals surface area contributed by atoms with Crippen molar-refractivity contribution in [1.82, 2.24) is 14.1 Å². The number of nitrogens with one attached hydrogen (secondary N) is 1. The highest BCUT2D eigenvalue weighted by Crippen LogP contribution is 2.15. The zero-order valence-corrected chi connectivity index (χ0v) is 11.7. The summed E-state index contributed by atoms with van der Waals surface area (Å²) in [5.41, 5.74) is 2.36. The van der Waals surface area contributed by atoms with Gasteiger partial charge in [0.05, 0.1) is 17.4 Å². The minimum Gasteiger partial charge on any atom is -0.487 e. The van der Waals surface area contributed by atoms with Gasteiger partial charge in [-0.2, -0.15) is 8.75 Å². The van der Waals surface area contributed by atoms with Gasteiger partial charge in [0, 0.05) is 12.1 Å². The SMILES string of the molecule is CCNC(=O)c1ccc(OCc2nsnc2C)cc1. The van der Waals surface area contributed by atoms with Crippen LogP contribution < -0.4 is 10.1 Å². The lowest BCUT2D eigenvalue weighted by Crippen LogP contribution is -2.22. The van der Waals surface area contributed by atoms with E-state index in [9.17, 15) is 4.79 Å². The van der Waals surface area contributed by atoms with Crippen LogP contribution in [-0.2, 0) is 6.61 Å². The largest absolute Gasteiger partial charge is 0.487 e. The predicted octanol–water partition coefficient (Wildman–Crippen LogP) is 2.18. The lowest BCUT2D eigenvalue weighted by molar-refractivity contribution is 0.0956. The van der Waals surface area contributed by atoms with E-state index < -0.39 is 0 Å². The summed E-state index contributed by atoms with van der Waals surface area (Å²) in [4.78, 5) is 11.6. The molecule has 0 aliphatic heterocycles. The maximum Gasteiger partial charge on any atom is 0.251 e. The van der Waals surface area contributed by atoms with Crippen LogP contribution in [0, 0.1) is 6.92 Å². The first-order chi connectivity index (χ1) is 9.20. The van der Waals surface area contributed by atoms with Gasteiger partial charge < -0.3 is 10.1 Å². The van der Waals surface area contributed by atoms with Gasteiger partial charge in [-0.25, -0.2) is 0 Å². The topological polar surface area (TPSA) is 64.1 Å². The maximum atomic E-state index is 11.6. The molecule has 0 saturated carbocycles. The smallest absolute Gasteiger partial charge is 0.251 e. The van der Waals surface area contributed by atoms with Crippen LogP contribution in [0.2, 0.25) is 0 Å². The highest BCUT2D eigenvalue weighted by molar-refractivity contribution is 6.99. The van der Waals surface area contributed by atoms with Crippen molar-refractivity contribution in [3.8, 4) is 5.75 Å². The Kier molecular flexibility index (Phi) is 4.46. The van der Waals surface area contributed by atoms with Gasteiger partial charge in [0.1, 0.15) is 18.1 Å². The average molecular weight is 277 g/mol. The fraction of sp³-hybridized carbons (Fsp3) is 0.308. The number of rotatable bonds is 5. The molecule has 19 heavy (non-hydrogen) atoms. The summed E-state index contributed by atoms with van der Waals surface area (Å²) in [6.07, 6.45) is 0. The zero-order valence-electron chi connectivity index (χ0n) is 10.8. The van der Waals surface area contributed by atoms with E-state index in [1.807, 2.05) is 13.8 Å². The fourth-order valence-corrected chi connectivity index (χ4v) is 2.05. The monoisotopic (exact) mass is 277 g/mol. The molecule has 1 amide bonds. The van der Waals surface area contributed by atoms with Crippen molar-refractivity contribution < 1.29 is 9.53 Å². The summed E-state index contributed by atoms with van der Waals surface area (Å²) in [5, 5.41) is 2.75. The number of hydrogen-bond donors (Lipinski definition) is 1. The lowest BCUT2D eigenvalue weighted by atomic mass is 10.2. The minimum atomic E-state index is -0.0754. The van der Waals surface area contributed by atoms with E-state index in [1.54, 1.807) is 24.3 Å². The number of hydrogen-bond acceptors (Lipinski definition) is 5. The van der Waals surface area contributed by atoms with E-state index in [0.717, 1.165) is 11.4 Å². The molecule has 1 heterocycles. The molecule has 1 aromatic heterocycles. The van der Waals surface area contributed by atoms with Crippen molar-refractivity contribution in [2.75, 3.05) is 6.54 Å². The Hall–Kier alpha value is -1.95. The van der Waals surface area contributed by atoms with Crippen LogP contribution in [0.4, 0.5) is 0 Å². The number of aromatic nitrogens is 2. The van der Waals surface area contributed by atoms with Crippen LogP contribution in [-0.4, -0.2) is 21.2 Å². The summed E-state index contributed by atoms with van der Waals surface area (Å²) in [5.74, 6) is 0.633. The molecule has 1 aromatic carbocycles. The summed E-state index contributed by atoms with van der Waals surface area (Å²) >= 11 is 1.18. The first-order valence-electron chi connectivity index (χ1n) is 5.99. The molecule has 0 aliphatic rings. The van der Waals surface area contributed by atoms with E-state index in [4.69, 9.17) is 4.74 Å². The van der Waals surface area contributed by atoms with E-state index in [1.165, 1.54) is 11.7 Å². The number of nitrogens with zero attached hydrogens (tertiary/aromatic N) is 2. The number of ether oxygens (including phenoxy) is 1. The van der Waals surface area contributed by atoms with Crippen LogP contribution >= 0.6 is 11.7 Å². The van der Waals surface area contributed by atoms with Crippen molar-refractivity contribution in [3.05, 3.63) is 41.2 Å². The van der Waals surface area contributed by atoms with Crippen LogP contribution in [0.25, 0.3) is 0 Å². The average Bonchev–Trinajstić information content (AvgIpc) is 2.83. The molecule has 1 N–H and O–H groups in total. The van der Waals surface area contributed by atoms with Gasteiger partial charge in [-0.1, -0.05) is 0 Å². The molecule has 100 valence electrons. The van der Waals surface area contributed by atoms with Crippen molar-refractivity contribution >= 4 is 17.6 Å². The molecule has 2 aromatic rings. The van der Waals surface area contributed by atoms with Crippen molar-refractivity contribution in [3.63, 3.8) is 0 Å². The fourth-order valence-electron chi connectivity index (χ4n) is 1.50. The number of benzene rings is 1. The van der Waals surface area contributed by atoms with Gasteiger partial charge in [0.15, 0.2) is 0 Å². The van der Waals surface area contributed by atoms with E-state index in [0.29, 0.717) is 24.5 Å². The van der Waals surface area contributed by atoms with E-state index in [-0.39, 0.29) is 5.91 Å². The Bertz CT molecular complexity index is 551. The lowest BCUT2D eigenvalue weighted by Gasteiger charge is -2.06. The van der Waals surface area contributed by atoms with Crippen LogP contribution in [0.15, 0.2) is 24.3 Å². The number of amides is 1.